The van der Waals surface area contributed by atoms with Crippen LogP contribution in [0.1, 0.15) is 82.9 Å². The Morgan fingerprint density at radius 1 is 0.700 bits per heavy atom. The number of rotatable bonds is 6. The van der Waals surface area contributed by atoms with E-state index in [4.69, 9.17) is 0 Å². The maximum absolute atomic E-state index is 2.74. The van der Waals surface area contributed by atoms with Crippen LogP contribution < -0.4 is 0 Å². The molecule has 2 aliphatic carbocycles. The molecule has 0 amide bonds. The summed E-state index contributed by atoms with van der Waals surface area (Å²) in [6, 6.07) is 18.8. The molecule has 1 heterocycles. The number of unbranched alkanes of at least 4 members (excludes halogenated alkanes) is 2. The molecule has 0 aromatic heterocycles. The van der Waals surface area contributed by atoms with Gasteiger partial charge in [0.05, 0.1) is 0 Å². The Kier molecular flexibility index (Phi) is 5.34. The third kappa shape index (κ3) is 2.87. The molecule has 1 saturated heterocycles. The van der Waals surface area contributed by atoms with Crippen molar-refractivity contribution in [3.63, 3.8) is 0 Å². The average molecular weight is 476 g/mol. The van der Waals surface area contributed by atoms with Crippen LogP contribution in [0.15, 0.2) is 59.7 Å². The SMILES string of the molecule is CCC[CH2][Zr]1([CH2]CCC)[CH]2C(=Cc3ccccc32)C(C)(C)C2=Cc3ccccc3[CH]21. The van der Waals surface area contributed by atoms with Crippen LogP contribution in [0.3, 0.4) is 0 Å². The Morgan fingerprint density at radius 3 is 1.57 bits per heavy atom. The van der Waals surface area contributed by atoms with E-state index in [1.54, 1.807) is 22.3 Å². The van der Waals surface area contributed by atoms with E-state index in [9.17, 15) is 0 Å². The second-order valence-corrected chi connectivity index (χ2v) is 21.7. The fourth-order valence-electron chi connectivity index (χ4n) is 7.02. The molecule has 3 aliphatic rings. The van der Waals surface area contributed by atoms with Crippen molar-refractivity contribution >= 4 is 12.2 Å². The number of fused-ring (bicyclic) bond motifs is 6. The summed E-state index contributed by atoms with van der Waals surface area (Å²) in [6.07, 6.45) is 10.7. The molecule has 0 spiro atoms. The molecule has 0 bridgehead atoms. The standard InChI is InChI=1S/C21H18.2C4H9.Zr/c1-21(2,19-11-15-7-3-4-8-16(15)12-19)20-13-17-9-5-6-10-18(17)14-20;2*1-3-4-2;/h3-14H,1-2H3;2*1,3-4H2,2H3;. The minimum absolute atomic E-state index is 0.159. The van der Waals surface area contributed by atoms with E-state index in [-0.39, 0.29) is 5.41 Å². The first-order chi connectivity index (χ1) is 14.5. The Hall–Kier alpha value is -1.20. The van der Waals surface area contributed by atoms with Gasteiger partial charge in [-0.1, -0.05) is 0 Å². The van der Waals surface area contributed by atoms with Crippen molar-refractivity contribution in [1.29, 1.82) is 0 Å². The normalized spacial score (nSPS) is 24.4. The van der Waals surface area contributed by atoms with Crippen LogP contribution >= 0.6 is 0 Å². The molecule has 30 heavy (non-hydrogen) atoms. The van der Waals surface area contributed by atoms with E-state index >= 15 is 0 Å². The van der Waals surface area contributed by atoms with Gasteiger partial charge in [-0.25, -0.2) is 0 Å². The summed E-state index contributed by atoms with van der Waals surface area (Å²) in [5.41, 5.74) is 10.1. The summed E-state index contributed by atoms with van der Waals surface area (Å²) in [6.45, 7) is 9.84. The summed E-state index contributed by atoms with van der Waals surface area (Å²) in [4.78, 5) is 0. The van der Waals surface area contributed by atoms with E-state index in [1.807, 2.05) is 0 Å². The zero-order valence-corrected chi connectivity index (χ0v) is 21.6. The molecule has 0 saturated carbocycles. The van der Waals surface area contributed by atoms with Crippen LogP contribution in [0.25, 0.3) is 12.2 Å². The first-order valence-electron chi connectivity index (χ1n) is 12.2. The van der Waals surface area contributed by atoms with Crippen molar-refractivity contribution in [2.24, 2.45) is 5.41 Å². The monoisotopic (exact) mass is 474 g/mol. The zero-order valence-electron chi connectivity index (χ0n) is 19.2. The van der Waals surface area contributed by atoms with E-state index in [2.05, 4.69) is 88.4 Å². The van der Waals surface area contributed by atoms with Crippen molar-refractivity contribution in [2.45, 2.75) is 68.9 Å². The molecule has 5 rings (SSSR count). The van der Waals surface area contributed by atoms with Crippen molar-refractivity contribution in [3.05, 3.63) is 81.9 Å². The molecule has 0 N–H and O–H groups in total. The van der Waals surface area contributed by atoms with Gasteiger partial charge in [0, 0.05) is 0 Å². The van der Waals surface area contributed by atoms with Gasteiger partial charge in [-0.2, -0.15) is 0 Å². The molecule has 0 radical (unpaired) electrons. The number of allylic oxidation sites excluding steroid dienone is 2. The second kappa shape index (κ2) is 7.74. The van der Waals surface area contributed by atoms with Crippen LogP contribution in [0.4, 0.5) is 0 Å². The second-order valence-electron chi connectivity index (χ2n) is 10.4. The molecule has 2 unspecified atom stereocenters. The number of hydrogen-bond donors (Lipinski definition) is 0. The first kappa shape index (κ1) is 20.7. The fourth-order valence-corrected chi connectivity index (χ4v) is 25.8. The van der Waals surface area contributed by atoms with Crippen LogP contribution in [-0.4, -0.2) is 0 Å². The molecule has 1 fully saturated rings. The number of benzene rings is 2. The van der Waals surface area contributed by atoms with E-state index in [1.165, 1.54) is 45.1 Å². The van der Waals surface area contributed by atoms with Crippen LogP contribution in [0, 0.1) is 5.41 Å². The molecule has 1 aliphatic heterocycles. The van der Waals surface area contributed by atoms with Crippen molar-refractivity contribution in [1.82, 2.24) is 0 Å². The third-order valence-corrected chi connectivity index (χ3v) is 23.5. The van der Waals surface area contributed by atoms with Gasteiger partial charge in [0.15, 0.2) is 0 Å². The summed E-state index contributed by atoms with van der Waals surface area (Å²) in [5.74, 6) is 0. The molecule has 2 aromatic carbocycles. The topological polar surface area (TPSA) is 0 Å². The Morgan fingerprint density at radius 2 is 1.13 bits per heavy atom. The molecule has 156 valence electrons. The quantitative estimate of drug-likeness (QED) is 0.391. The molecule has 2 atom stereocenters. The van der Waals surface area contributed by atoms with Gasteiger partial charge in [-0.3, -0.25) is 0 Å². The fraction of sp³-hybridized carbons (Fsp3) is 0.448. The van der Waals surface area contributed by atoms with Crippen LogP contribution in [-0.2, 0) is 20.3 Å². The van der Waals surface area contributed by atoms with Gasteiger partial charge in [-0.05, 0) is 0 Å². The maximum atomic E-state index is 2.61. The van der Waals surface area contributed by atoms with Gasteiger partial charge in [-0.15, -0.1) is 0 Å². The Bertz CT molecular complexity index is 941. The summed E-state index contributed by atoms with van der Waals surface area (Å²) in [7, 11) is 0. The van der Waals surface area contributed by atoms with Gasteiger partial charge in [0.25, 0.3) is 0 Å². The molecule has 0 nitrogen and oxygen atoms in total. The Labute approximate surface area is 187 Å². The summed E-state index contributed by atoms with van der Waals surface area (Å²) < 4.78 is 4.59. The van der Waals surface area contributed by atoms with Gasteiger partial charge >= 0.3 is 189 Å². The zero-order chi connectivity index (χ0) is 20.9. The van der Waals surface area contributed by atoms with Gasteiger partial charge in [0.2, 0.25) is 0 Å². The summed E-state index contributed by atoms with van der Waals surface area (Å²) in [5, 5.41) is 0. The number of hydrogen-bond acceptors (Lipinski definition) is 0. The Balaban J connectivity index is 1.79. The minimum atomic E-state index is -2.74. The first-order valence-corrected chi connectivity index (χ1v) is 18.5. The van der Waals surface area contributed by atoms with Crippen molar-refractivity contribution in [2.75, 3.05) is 0 Å². The van der Waals surface area contributed by atoms with E-state index in [0.717, 1.165) is 7.25 Å². The van der Waals surface area contributed by atoms with Crippen molar-refractivity contribution in [3.8, 4) is 0 Å². The van der Waals surface area contributed by atoms with Crippen LogP contribution in [0.2, 0.25) is 8.26 Å². The predicted molar refractivity (Wildman–Crippen MR) is 128 cm³/mol. The third-order valence-electron chi connectivity index (χ3n) is 8.44. The molecular formula is C29H36Zr. The molecular weight excluding hydrogens is 440 g/mol. The average Bonchev–Trinajstić information content (AvgIpc) is 3.35. The van der Waals surface area contributed by atoms with Crippen molar-refractivity contribution < 1.29 is 20.3 Å². The summed E-state index contributed by atoms with van der Waals surface area (Å²) >= 11 is -2.74. The van der Waals surface area contributed by atoms with E-state index < -0.39 is 20.3 Å². The van der Waals surface area contributed by atoms with Gasteiger partial charge < -0.3 is 0 Å². The van der Waals surface area contributed by atoms with Crippen LogP contribution in [0.5, 0.6) is 0 Å². The van der Waals surface area contributed by atoms with Gasteiger partial charge in [0.1, 0.15) is 0 Å². The molecule has 2 aromatic rings. The molecule has 1 heteroatoms. The van der Waals surface area contributed by atoms with E-state index in [0.29, 0.717) is 0 Å². The predicted octanol–water partition coefficient (Wildman–Crippen LogP) is 8.89.